The van der Waals surface area contributed by atoms with Crippen molar-refractivity contribution in [3.8, 4) is 11.5 Å². The first kappa shape index (κ1) is 23.8. The highest BCUT2D eigenvalue weighted by molar-refractivity contribution is 9.10. The number of hydrogen-bond donors (Lipinski definition) is 0. The molecule has 0 aromatic heterocycles. The van der Waals surface area contributed by atoms with Crippen LogP contribution in [0.1, 0.15) is 12.0 Å². The molecule has 1 saturated heterocycles. The number of amides is 2. The van der Waals surface area contributed by atoms with Crippen LogP contribution in [0.25, 0.3) is 0 Å². The number of hydrogen-bond acceptors (Lipinski definition) is 6. The summed E-state index contributed by atoms with van der Waals surface area (Å²) in [7, 11) is -4.16. The van der Waals surface area contributed by atoms with Gasteiger partial charge in [-0.3, -0.25) is 9.59 Å². The van der Waals surface area contributed by atoms with Gasteiger partial charge in [0.15, 0.2) is 11.5 Å². The number of sulfonamides is 1. The largest absolute Gasteiger partial charge is 0.454 e. The van der Waals surface area contributed by atoms with E-state index in [-0.39, 0.29) is 24.7 Å². The minimum Gasteiger partial charge on any atom is -0.454 e. The van der Waals surface area contributed by atoms with Crippen LogP contribution in [-0.4, -0.2) is 37.4 Å². The molecule has 8 nitrogen and oxygen atoms in total. The van der Waals surface area contributed by atoms with Gasteiger partial charge in [-0.1, -0.05) is 33.6 Å². The van der Waals surface area contributed by atoms with Gasteiger partial charge in [-0.2, -0.15) is 4.31 Å². The molecule has 3 aromatic carbocycles. The molecule has 35 heavy (non-hydrogen) atoms. The van der Waals surface area contributed by atoms with E-state index in [2.05, 4.69) is 15.9 Å². The van der Waals surface area contributed by atoms with Crippen molar-refractivity contribution in [1.29, 1.82) is 0 Å². The molecule has 2 amide bonds. The van der Waals surface area contributed by atoms with Gasteiger partial charge in [0.05, 0.1) is 17.0 Å². The minimum atomic E-state index is -4.16. The Hall–Kier alpha value is -2.92. The molecule has 0 bridgehead atoms. The van der Waals surface area contributed by atoms with E-state index in [4.69, 9.17) is 21.1 Å². The van der Waals surface area contributed by atoms with Crippen molar-refractivity contribution < 1.29 is 27.5 Å². The predicted molar refractivity (Wildman–Crippen MR) is 132 cm³/mol. The Bertz CT molecular complexity index is 1410. The lowest BCUT2D eigenvalue weighted by Crippen LogP contribution is -2.45. The molecule has 0 aliphatic carbocycles. The fourth-order valence-corrected chi connectivity index (χ4v) is 5.99. The third-order valence-corrected chi connectivity index (χ3v) is 8.40. The van der Waals surface area contributed by atoms with Crippen molar-refractivity contribution in [1.82, 2.24) is 4.31 Å². The summed E-state index contributed by atoms with van der Waals surface area (Å²) in [6, 6.07) is 16.2. The van der Waals surface area contributed by atoms with E-state index in [1.54, 1.807) is 54.6 Å². The zero-order valence-corrected chi connectivity index (χ0v) is 21.2. The van der Waals surface area contributed by atoms with Gasteiger partial charge >= 0.3 is 0 Å². The van der Waals surface area contributed by atoms with Crippen molar-refractivity contribution >= 4 is 55.1 Å². The molecule has 2 aliphatic rings. The van der Waals surface area contributed by atoms with E-state index in [0.29, 0.717) is 32.2 Å². The summed E-state index contributed by atoms with van der Waals surface area (Å²) in [6.45, 7) is -0.0709. The van der Waals surface area contributed by atoms with Crippen LogP contribution < -0.4 is 14.4 Å². The number of halogens is 2. The van der Waals surface area contributed by atoms with E-state index in [9.17, 15) is 18.0 Å². The number of ether oxygens (including phenoxy) is 2. The second-order valence-corrected chi connectivity index (χ2v) is 11.2. The zero-order valence-electron chi connectivity index (χ0n) is 18.1. The average molecular weight is 578 g/mol. The van der Waals surface area contributed by atoms with Gasteiger partial charge in [-0.15, -0.1) is 0 Å². The van der Waals surface area contributed by atoms with Crippen molar-refractivity contribution in [2.45, 2.75) is 23.9 Å². The summed E-state index contributed by atoms with van der Waals surface area (Å²) >= 11 is 9.25. The molecule has 1 unspecified atom stereocenters. The Balaban J connectivity index is 1.54. The summed E-state index contributed by atoms with van der Waals surface area (Å²) in [5.41, 5.74) is 0.913. The molecular weight excluding hydrogens is 560 g/mol. The van der Waals surface area contributed by atoms with Crippen molar-refractivity contribution in [2.24, 2.45) is 0 Å². The Labute approximate surface area is 215 Å². The molecule has 0 spiro atoms. The van der Waals surface area contributed by atoms with Gasteiger partial charge in [0.1, 0.15) is 6.04 Å². The van der Waals surface area contributed by atoms with E-state index in [1.807, 2.05) is 0 Å². The van der Waals surface area contributed by atoms with E-state index in [1.165, 1.54) is 12.1 Å². The van der Waals surface area contributed by atoms with Crippen LogP contribution in [0.3, 0.4) is 0 Å². The normalized spacial score (nSPS) is 17.5. The summed E-state index contributed by atoms with van der Waals surface area (Å²) in [4.78, 5) is 27.4. The number of fused-ring (bicyclic) bond motifs is 1. The average Bonchev–Trinajstić information content (AvgIpc) is 3.41. The van der Waals surface area contributed by atoms with Crippen molar-refractivity contribution in [3.63, 3.8) is 0 Å². The molecule has 2 heterocycles. The summed E-state index contributed by atoms with van der Waals surface area (Å²) in [5, 5.41) is 0.451. The highest BCUT2D eigenvalue weighted by Crippen LogP contribution is 2.35. The molecule has 0 radical (unpaired) electrons. The molecule has 1 atom stereocenters. The number of carbonyl (C=O) groups excluding carboxylic acids is 2. The molecule has 1 fully saturated rings. The van der Waals surface area contributed by atoms with E-state index < -0.39 is 27.9 Å². The molecule has 0 N–H and O–H groups in total. The fraction of sp³-hybridized carbons (Fsp3) is 0.167. The Kier molecular flexibility index (Phi) is 6.30. The smallest absolute Gasteiger partial charge is 0.252 e. The standard InChI is InChI=1S/C24H18BrClN2O6S/c25-16-2-8-19(9-3-16)35(31,32)27(13-15-1-10-21-22(11-15)34-14-33-21)20-12-23(29)28(24(20)30)18-6-4-17(26)5-7-18/h1-11,20H,12-14H2. The number of rotatable bonds is 6. The molecule has 180 valence electrons. The first-order valence-corrected chi connectivity index (χ1v) is 13.1. The second kappa shape index (κ2) is 9.27. The minimum absolute atomic E-state index is 0.00614. The van der Waals surface area contributed by atoms with Gasteiger partial charge in [-0.05, 0) is 66.2 Å². The molecule has 5 rings (SSSR count). The van der Waals surface area contributed by atoms with Gasteiger partial charge in [0, 0.05) is 16.0 Å². The maximum Gasteiger partial charge on any atom is 0.252 e. The van der Waals surface area contributed by atoms with Crippen LogP contribution in [0.4, 0.5) is 5.69 Å². The fourth-order valence-electron chi connectivity index (χ4n) is 4.03. The van der Waals surface area contributed by atoms with Gasteiger partial charge in [0.2, 0.25) is 22.7 Å². The third kappa shape index (κ3) is 4.54. The molecular formula is C24H18BrClN2O6S. The highest BCUT2D eigenvalue weighted by Gasteiger charge is 2.47. The van der Waals surface area contributed by atoms with Crippen LogP contribution in [0, 0.1) is 0 Å². The van der Waals surface area contributed by atoms with Crippen LogP contribution in [0.15, 0.2) is 76.1 Å². The van der Waals surface area contributed by atoms with Crippen molar-refractivity contribution in [3.05, 3.63) is 81.8 Å². The number of imide groups is 1. The van der Waals surface area contributed by atoms with Crippen LogP contribution in [-0.2, 0) is 26.2 Å². The number of benzene rings is 3. The Morgan fingerprint density at radius 3 is 2.37 bits per heavy atom. The molecule has 2 aliphatic heterocycles. The quantitative estimate of drug-likeness (QED) is 0.405. The summed E-state index contributed by atoms with van der Waals surface area (Å²) < 4.78 is 40.1. The first-order chi connectivity index (χ1) is 16.7. The van der Waals surface area contributed by atoms with Crippen molar-refractivity contribution in [2.75, 3.05) is 11.7 Å². The maximum atomic E-state index is 13.8. The summed E-state index contributed by atoms with van der Waals surface area (Å²) in [5.74, 6) is -0.0834. The van der Waals surface area contributed by atoms with Crippen LogP contribution >= 0.6 is 27.5 Å². The monoisotopic (exact) mass is 576 g/mol. The number of nitrogens with zero attached hydrogens (tertiary/aromatic N) is 2. The van der Waals surface area contributed by atoms with Gasteiger partial charge < -0.3 is 9.47 Å². The zero-order chi connectivity index (χ0) is 24.7. The highest BCUT2D eigenvalue weighted by atomic mass is 79.9. The molecule has 0 saturated carbocycles. The number of anilines is 1. The van der Waals surface area contributed by atoms with Crippen LogP contribution in [0.5, 0.6) is 11.5 Å². The topological polar surface area (TPSA) is 93.2 Å². The lowest BCUT2D eigenvalue weighted by atomic mass is 10.1. The van der Waals surface area contributed by atoms with E-state index in [0.717, 1.165) is 9.21 Å². The third-order valence-electron chi connectivity index (χ3n) is 5.75. The molecule has 11 heteroatoms. The van der Waals surface area contributed by atoms with Gasteiger partial charge in [-0.25, -0.2) is 13.3 Å². The first-order valence-electron chi connectivity index (χ1n) is 10.5. The second-order valence-electron chi connectivity index (χ2n) is 7.96. The summed E-state index contributed by atoms with van der Waals surface area (Å²) in [6.07, 6.45) is -0.290. The lowest BCUT2D eigenvalue weighted by Gasteiger charge is -2.27. The SMILES string of the molecule is O=C1CC(N(Cc2ccc3c(c2)OCO3)S(=O)(=O)c2ccc(Br)cc2)C(=O)N1c1ccc(Cl)cc1. The van der Waals surface area contributed by atoms with Gasteiger partial charge in [0.25, 0.3) is 5.91 Å². The molecule has 3 aromatic rings. The van der Waals surface area contributed by atoms with Crippen LogP contribution in [0.2, 0.25) is 5.02 Å². The Morgan fingerprint density at radius 1 is 0.971 bits per heavy atom. The number of carbonyl (C=O) groups is 2. The predicted octanol–water partition coefficient (Wildman–Crippen LogP) is 4.35. The Morgan fingerprint density at radius 2 is 1.66 bits per heavy atom. The van der Waals surface area contributed by atoms with E-state index >= 15 is 0 Å². The lowest BCUT2D eigenvalue weighted by molar-refractivity contribution is -0.122. The maximum absolute atomic E-state index is 13.8.